The van der Waals surface area contributed by atoms with Crippen LogP contribution in [0.5, 0.6) is 11.5 Å². The summed E-state index contributed by atoms with van der Waals surface area (Å²) in [4.78, 5) is 27.1. The minimum absolute atomic E-state index is 0.0283. The Kier molecular flexibility index (Phi) is 5.71. The van der Waals surface area contributed by atoms with Gasteiger partial charge in [-0.05, 0) is 66.8 Å². The fourth-order valence-corrected chi connectivity index (χ4v) is 4.39. The number of aliphatic hydroxyl groups excluding tert-OH is 1. The molecule has 4 rings (SSSR count). The van der Waals surface area contributed by atoms with Crippen molar-refractivity contribution in [1.82, 2.24) is 10.2 Å². The number of hydrogen-bond donors (Lipinski definition) is 2. The van der Waals surface area contributed by atoms with Crippen LogP contribution in [0.3, 0.4) is 0 Å². The van der Waals surface area contributed by atoms with Crippen LogP contribution in [-0.4, -0.2) is 48.3 Å². The van der Waals surface area contributed by atoms with Gasteiger partial charge in [0, 0.05) is 4.47 Å². The molecule has 7 nitrogen and oxygen atoms in total. The number of rotatable bonds is 6. The summed E-state index contributed by atoms with van der Waals surface area (Å²) >= 11 is 3.35. The van der Waals surface area contributed by atoms with E-state index in [0.717, 1.165) is 39.1 Å². The van der Waals surface area contributed by atoms with Crippen LogP contribution in [0.4, 0.5) is 4.79 Å². The number of amides is 3. The zero-order valence-electron chi connectivity index (χ0n) is 16.6. The number of aryl methyl sites for hydroxylation is 1. The summed E-state index contributed by atoms with van der Waals surface area (Å²) in [6.07, 6.45) is 1.12. The number of benzene rings is 2. The molecule has 0 saturated carbocycles. The molecule has 0 radical (unpaired) electrons. The number of carbonyl (C=O) groups is 2. The first kappa shape index (κ1) is 20.7. The van der Waals surface area contributed by atoms with Gasteiger partial charge in [-0.1, -0.05) is 22.0 Å². The summed E-state index contributed by atoms with van der Waals surface area (Å²) in [5, 5.41) is 13.3. The van der Waals surface area contributed by atoms with Gasteiger partial charge in [0.05, 0.1) is 13.7 Å². The van der Waals surface area contributed by atoms with E-state index in [0.29, 0.717) is 12.2 Å². The largest absolute Gasteiger partial charge is 0.497 e. The van der Waals surface area contributed by atoms with Crippen molar-refractivity contribution >= 4 is 27.9 Å². The molecule has 1 aliphatic carbocycles. The highest BCUT2D eigenvalue weighted by Gasteiger charge is 2.54. The average molecular weight is 475 g/mol. The Balaban J connectivity index is 1.47. The topological polar surface area (TPSA) is 88.1 Å². The fourth-order valence-electron chi connectivity index (χ4n) is 4.13. The molecule has 1 saturated heterocycles. The van der Waals surface area contributed by atoms with E-state index in [-0.39, 0.29) is 19.1 Å². The van der Waals surface area contributed by atoms with Gasteiger partial charge in [0.2, 0.25) is 0 Å². The van der Waals surface area contributed by atoms with Crippen LogP contribution in [-0.2, 0) is 16.8 Å². The van der Waals surface area contributed by atoms with Crippen molar-refractivity contribution in [3.63, 3.8) is 0 Å². The molecular weight excluding hydrogens is 452 g/mol. The van der Waals surface area contributed by atoms with Crippen molar-refractivity contribution in [2.24, 2.45) is 0 Å². The molecule has 2 aromatic rings. The zero-order valence-corrected chi connectivity index (χ0v) is 18.1. The number of imide groups is 1. The standard InChI is InChI=1S/C22H23BrN2O5/c1-29-18-8-9-19-14(11-18)3-2-10-22(19)20(27)25(21(28)24-22)12-16(26)13-30-17-6-4-15(23)5-7-17/h4-9,11,16,26H,2-3,10,12-13H2,1H3,(H,24,28)/t16-,22+/m1/s1. The summed E-state index contributed by atoms with van der Waals surface area (Å²) in [5.41, 5.74) is 0.717. The number of hydrogen-bond acceptors (Lipinski definition) is 5. The quantitative estimate of drug-likeness (QED) is 0.628. The monoisotopic (exact) mass is 474 g/mol. The normalized spacial score (nSPS) is 21.4. The maximum absolute atomic E-state index is 13.3. The lowest BCUT2D eigenvalue weighted by atomic mass is 9.76. The molecule has 3 amide bonds. The van der Waals surface area contributed by atoms with E-state index in [1.807, 2.05) is 24.3 Å². The van der Waals surface area contributed by atoms with E-state index in [9.17, 15) is 14.7 Å². The van der Waals surface area contributed by atoms with Gasteiger partial charge in [0.15, 0.2) is 0 Å². The smallest absolute Gasteiger partial charge is 0.325 e. The second-order valence-electron chi connectivity index (χ2n) is 7.55. The first-order chi connectivity index (χ1) is 14.4. The Labute approximate surface area is 183 Å². The molecule has 1 aliphatic heterocycles. The van der Waals surface area contributed by atoms with Crippen molar-refractivity contribution in [3.8, 4) is 11.5 Å². The van der Waals surface area contributed by atoms with Crippen molar-refractivity contribution in [3.05, 3.63) is 58.1 Å². The lowest BCUT2D eigenvalue weighted by molar-refractivity contribution is -0.133. The Bertz CT molecular complexity index is 965. The van der Waals surface area contributed by atoms with Gasteiger partial charge < -0.3 is 19.9 Å². The molecule has 30 heavy (non-hydrogen) atoms. The van der Waals surface area contributed by atoms with Gasteiger partial charge in [-0.3, -0.25) is 9.69 Å². The van der Waals surface area contributed by atoms with Gasteiger partial charge >= 0.3 is 6.03 Å². The summed E-state index contributed by atoms with van der Waals surface area (Å²) in [5.74, 6) is 0.988. The van der Waals surface area contributed by atoms with E-state index in [2.05, 4.69) is 21.2 Å². The average Bonchev–Trinajstić information content (AvgIpc) is 2.98. The number of β-amino-alcohol motifs (C(OH)–C–C–N with tert-alkyl or cyclic N) is 1. The molecule has 1 heterocycles. The summed E-state index contributed by atoms with van der Waals surface area (Å²) in [6, 6.07) is 12.3. The van der Waals surface area contributed by atoms with Gasteiger partial charge in [0.1, 0.15) is 29.7 Å². The van der Waals surface area contributed by atoms with Crippen LogP contribution < -0.4 is 14.8 Å². The fraction of sp³-hybridized carbons (Fsp3) is 0.364. The summed E-state index contributed by atoms with van der Waals surface area (Å²) in [7, 11) is 1.60. The first-order valence-corrected chi connectivity index (χ1v) is 10.6. The molecule has 0 unspecified atom stereocenters. The van der Waals surface area contributed by atoms with E-state index in [1.165, 1.54) is 0 Å². The third-order valence-electron chi connectivity index (χ3n) is 5.60. The number of methoxy groups -OCH3 is 1. The predicted molar refractivity (Wildman–Crippen MR) is 113 cm³/mol. The number of ether oxygens (including phenoxy) is 2. The number of aliphatic hydroxyl groups is 1. The van der Waals surface area contributed by atoms with E-state index in [4.69, 9.17) is 9.47 Å². The maximum Gasteiger partial charge on any atom is 0.325 e. The zero-order chi connectivity index (χ0) is 21.3. The summed E-state index contributed by atoms with van der Waals surface area (Å²) in [6.45, 7) is -0.159. The molecule has 2 N–H and O–H groups in total. The Hall–Kier alpha value is -2.58. The molecule has 0 bridgehead atoms. The van der Waals surface area contributed by atoms with Gasteiger partial charge in [0.25, 0.3) is 5.91 Å². The lowest BCUT2D eigenvalue weighted by Gasteiger charge is -2.33. The summed E-state index contributed by atoms with van der Waals surface area (Å²) < 4.78 is 11.8. The molecular formula is C22H23BrN2O5. The minimum Gasteiger partial charge on any atom is -0.497 e. The Morgan fingerprint density at radius 3 is 2.67 bits per heavy atom. The number of nitrogens with zero attached hydrogens (tertiary/aromatic N) is 1. The third kappa shape index (κ3) is 3.77. The SMILES string of the molecule is COc1ccc2c(c1)CCC[C@]21NC(=O)N(C[C@@H](O)COc2ccc(Br)cc2)C1=O. The molecule has 2 aromatic carbocycles. The van der Waals surface area contributed by atoms with E-state index >= 15 is 0 Å². The molecule has 158 valence electrons. The van der Waals surface area contributed by atoms with E-state index in [1.54, 1.807) is 25.3 Å². The van der Waals surface area contributed by atoms with Crippen LogP contribution in [0.2, 0.25) is 0 Å². The van der Waals surface area contributed by atoms with Crippen molar-refractivity contribution < 1.29 is 24.2 Å². The first-order valence-electron chi connectivity index (χ1n) is 9.81. The lowest BCUT2D eigenvalue weighted by Crippen LogP contribution is -2.47. The maximum atomic E-state index is 13.3. The highest BCUT2D eigenvalue weighted by atomic mass is 79.9. The third-order valence-corrected chi connectivity index (χ3v) is 6.12. The Morgan fingerprint density at radius 2 is 1.93 bits per heavy atom. The highest BCUT2D eigenvalue weighted by molar-refractivity contribution is 9.10. The highest BCUT2D eigenvalue weighted by Crippen LogP contribution is 2.41. The predicted octanol–water partition coefficient (Wildman–Crippen LogP) is 2.98. The van der Waals surface area contributed by atoms with Crippen LogP contribution in [0.15, 0.2) is 46.9 Å². The van der Waals surface area contributed by atoms with Crippen LogP contribution >= 0.6 is 15.9 Å². The van der Waals surface area contributed by atoms with Crippen molar-refractivity contribution in [2.75, 3.05) is 20.3 Å². The molecule has 2 aliphatic rings. The molecule has 8 heteroatoms. The molecule has 1 spiro atoms. The molecule has 2 atom stereocenters. The van der Waals surface area contributed by atoms with Gasteiger partial charge in [-0.2, -0.15) is 0 Å². The number of fused-ring (bicyclic) bond motifs is 2. The number of halogens is 1. The van der Waals surface area contributed by atoms with Crippen LogP contribution in [0.25, 0.3) is 0 Å². The molecule has 1 fully saturated rings. The number of carbonyl (C=O) groups excluding carboxylic acids is 2. The second kappa shape index (κ2) is 8.28. The van der Waals surface area contributed by atoms with E-state index < -0.39 is 17.7 Å². The van der Waals surface area contributed by atoms with Crippen molar-refractivity contribution in [2.45, 2.75) is 30.9 Å². The molecule has 0 aromatic heterocycles. The number of urea groups is 1. The Morgan fingerprint density at radius 1 is 1.20 bits per heavy atom. The second-order valence-corrected chi connectivity index (χ2v) is 8.46. The number of nitrogens with one attached hydrogen (secondary N) is 1. The van der Waals surface area contributed by atoms with Gasteiger partial charge in [-0.25, -0.2) is 4.79 Å². The van der Waals surface area contributed by atoms with Crippen molar-refractivity contribution in [1.29, 1.82) is 0 Å². The van der Waals surface area contributed by atoms with Crippen LogP contribution in [0.1, 0.15) is 24.0 Å². The van der Waals surface area contributed by atoms with Gasteiger partial charge in [-0.15, -0.1) is 0 Å². The minimum atomic E-state index is -1.08. The van der Waals surface area contributed by atoms with Crippen LogP contribution in [0, 0.1) is 0 Å².